The molecule has 0 aliphatic carbocycles. The Kier molecular flexibility index (Phi) is 4.10. The minimum Gasteiger partial charge on any atom is -0.497 e. The van der Waals surface area contributed by atoms with Crippen LogP contribution >= 0.6 is 0 Å². The molecule has 2 heterocycles. The molecule has 0 spiro atoms. The fourth-order valence-corrected chi connectivity index (χ4v) is 2.64. The molecule has 2 N–H and O–H groups in total. The second-order valence-electron chi connectivity index (χ2n) is 5.69. The number of hydrogen-bond donors (Lipinski definition) is 1. The lowest BCUT2D eigenvalue weighted by Crippen LogP contribution is -2.03. The number of aromatic nitrogens is 4. The zero-order valence-corrected chi connectivity index (χ0v) is 14.2. The molecule has 26 heavy (non-hydrogen) atoms. The first kappa shape index (κ1) is 15.9. The van der Waals surface area contributed by atoms with Gasteiger partial charge in [0.25, 0.3) is 0 Å². The molecule has 130 valence electrons. The fourth-order valence-electron chi connectivity index (χ4n) is 2.64. The first-order chi connectivity index (χ1) is 12.7. The number of methoxy groups -OCH3 is 1. The number of rotatable bonds is 5. The van der Waals surface area contributed by atoms with Gasteiger partial charge in [0.2, 0.25) is 11.8 Å². The van der Waals surface area contributed by atoms with Crippen molar-refractivity contribution in [3.63, 3.8) is 0 Å². The van der Waals surface area contributed by atoms with Crippen molar-refractivity contribution in [2.45, 2.75) is 6.42 Å². The molecule has 0 atom stereocenters. The van der Waals surface area contributed by atoms with Crippen LogP contribution in [0.5, 0.6) is 17.4 Å². The van der Waals surface area contributed by atoms with E-state index in [4.69, 9.17) is 15.2 Å². The van der Waals surface area contributed by atoms with Crippen LogP contribution in [0.25, 0.3) is 5.65 Å². The summed E-state index contributed by atoms with van der Waals surface area (Å²) in [5.41, 5.74) is 7.65. The number of fused-ring (bicyclic) bond motifs is 1. The van der Waals surface area contributed by atoms with E-state index in [0.717, 1.165) is 11.3 Å². The lowest BCUT2D eigenvalue weighted by atomic mass is 10.1. The number of nitrogen functional groups attached to an aromatic ring is 1. The monoisotopic (exact) mass is 347 g/mol. The summed E-state index contributed by atoms with van der Waals surface area (Å²) in [6.07, 6.45) is 0.563. The van der Waals surface area contributed by atoms with E-state index >= 15 is 0 Å². The molecule has 0 saturated heterocycles. The van der Waals surface area contributed by atoms with Gasteiger partial charge in [-0.05, 0) is 29.8 Å². The summed E-state index contributed by atoms with van der Waals surface area (Å²) in [6.45, 7) is 0. The van der Waals surface area contributed by atoms with E-state index in [1.165, 1.54) is 4.52 Å². The molecule has 2 aromatic carbocycles. The third-order valence-electron chi connectivity index (χ3n) is 3.83. The third kappa shape index (κ3) is 3.27. The standard InChI is InChI=1S/C19H17N5O2/c1-25-15-9-5-6-13(10-15)11-16-21-17-12-18(22-19(20)24(17)23-16)26-14-7-3-2-4-8-14/h2-10,12H,11H2,1H3,(H2,20,22). The highest BCUT2D eigenvalue weighted by Gasteiger charge is 2.11. The van der Waals surface area contributed by atoms with Gasteiger partial charge in [-0.15, -0.1) is 5.10 Å². The Bertz CT molecular complexity index is 1050. The second kappa shape index (κ2) is 6.72. The predicted molar refractivity (Wildman–Crippen MR) is 97.5 cm³/mol. The summed E-state index contributed by atoms with van der Waals surface area (Å²) < 4.78 is 12.5. The molecule has 0 fully saturated rings. The van der Waals surface area contributed by atoms with Crippen LogP contribution in [0, 0.1) is 0 Å². The number of nitrogens with zero attached hydrogens (tertiary/aromatic N) is 4. The average Bonchev–Trinajstić information content (AvgIpc) is 3.05. The number of para-hydroxylation sites is 1. The highest BCUT2D eigenvalue weighted by Crippen LogP contribution is 2.22. The van der Waals surface area contributed by atoms with Crippen LogP contribution in [-0.2, 0) is 6.42 Å². The van der Waals surface area contributed by atoms with E-state index in [2.05, 4.69) is 15.1 Å². The van der Waals surface area contributed by atoms with E-state index in [1.54, 1.807) is 13.2 Å². The highest BCUT2D eigenvalue weighted by molar-refractivity contribution is 5.47. The minimum absolute atomic E-state index is 0.220. The molecule has 0 radical (unpaired) electrons. The van der Waals surface area contributed by atoms with Crippen molar-refractivity contribution >= 4 is 11.6 Å². The van der Waals surface area contributed by atoms with Crippen LogP contribution in [0.2, 0.25) is 0 Å². The van der Waals surface area contributed by atoms with E-state index in [9.17, 15) is 0 Å². The quantitative estimate of drug-likeness (QED) is 0.597. The van der Waals surface area contributed by atoms with E-state index in [-0.39, 0.29) is 5.95 Å². The maximum atomic E-state index is 6.01. The number of ether oxygens (including phenoxy) is 2. The van der Waals surface area contributed by atoms with Crippen molar-refractivity contribution in [2.24, 2.45) is 0 Å². The van der Waals surface area contributed by atoms with Gasteiger partial charge in [0, 0.05) is 12.5 Å². The van der Waals surface area contributed by atoms with Gasteiger partial charge in [-0.1, -0.05) is 30.3 Å². The first-order valence-corrected chi connectivity index (χ1v) is 8.09. The maximum Gasteiger partial charge on any atom is 0.226 e. The molecular formula is C19H17N5O2. The molecule has 4 aromatic rings. The highest BCUT2D eigenvalue weighted by atomic mass is 16.5. The lowest BCUT2D eigenvalue weighted by molar-refractivity contribution is 0.414. The van der Waals surface area contributed by atoms with E-state index in [1.807, 2.05) is 54.6 Å². The zero-order chi connectivity index (χ0) is 17.9. The summed E-state index contributed by atoms with van der Waals surface area (Å²) in [5, 5.41) is 4.43. The van der Waals surface area contributed by atoms with Gasteiger partial charge in [0.1, 0.15) is 11.5 Å². The molecule has 7 heteroatoms. The molecule has 7 nitrogen and oxygen atoms in total. The topological polar surface area (TPSA) is 87.6 Å². The number of hydrogen-bond acceptors (Lipinski definition) is 6. The molecule has 2 aromatic heterocycles. The Morgan fingerprint density at radius 2 is 1.77 bits per heavy atom. The van der Waals surface area contributed by atoms with Gasteiger partial charge in [0.15, 0.2) is 11.5 Å². The minimum atomic E-state index is 0.220. The van der Waals surface area contributed by atoms with Crippen LogP contribution in [0.3, 0.4) is 0 Å². The van der Waals surface area contributed by atoms with Gasteiger partial charge >= 0.3 is 0 Å². The average molecular weight is 347 g/mol. The van der Waals surface area contributed by atoms with Gasteiger partial charge in [-0.3, -0.25) is 0 Å². The molecule has 0 aliphatic heterocycles. The summed E-state index contributed by atoms with van der Waals surface area (Å²) in [6, 6.07) is 18.9. The summed E-state index contributed by atoms with van der Waals surface area (Å²) in [4.78, 5) is 8.78. The van der Waals surface area contributed by atoms with E-state index in [0.29, 0.717) is 29.5 Å². The van der Waals surface area contributed by atoms with Gasteiger partial charge in [-0.2, -0.15) is 9.50 Å². The SMILES string of the molecule is COc1cccc(Cc2nc3cc(Oc4ccccc4)nc(N)n3n2)c1. The molecule has 0 unspecified atom stereocenters. The molecular weight excluding hydrogens is 330 g/mol. The molecule has 4 rings (SSSR count). The van der Waals surface area contributed by atoms with E-state index < -0.39 is 0 Å². The first-order valence-electron chi connectivity index (χ1n) is 8.09. The Balaban J connectivity index is 1.63. The molecule has 0 amide bonds. The smallest absolute Gasteiger partial charge is 0.226 e. The molecule has 0 bridgehead atoms. The maximum absolute atomic E-state index is 6.01. The van der Waals surface area contributed by atoms with Crippen LogP contribution in [0.1, 0.15) is 11.4 Å². The van der Waals surface area contributed by atoms with Crippen molar-refractivity contribution in [3.8, 4) is 17.4 Å². The summed E-state index contributed by atoms with van der Waals surface area (Å²) in [7, 11) is 1.64. The largest absolute Gasteiger partial charge is 0.497 e. The van der Waals surface area contributed by atoms with Gasteiger partial charge < -0.3 is 15.2 Å². The van der Waals surface area contributed by atoms with Crippen molar-refractivity contribution in [1.29, 1.82) is 0 Å². The van der Waals surface area contributed by atoms with Crippen molar-refractivity contribution in [2.75, 3.05) is 12.8 Å². The predicted octanol–water partition coefficient (Wildman–Crippen LogP) is 3.10. The third-order valence-corrected chi connectivity index (χ3v) is 3.83. The van der Waals surface area contributed by atoms with Crippen LogP contribution in [0.4, 0.5) is 5.95 Å². The number of anilines is 1. The summed E-state index contributed by atoms with van der Waals surface area (Å²) in [5.74, 6) is 2.72. The van der Waals surface area contributed by atoms with Crippen LogP contribution in [0.15, 0.2) is 60.7 Å². The van der Waals surface area contributed by atoms with Gasteiger partial charge in [-0.25, -0.2) is 4.98 Å². The van der Waals surface area contributed by atoms with Gasteiger partial charge in [0.05, 0.1) is 7.11 Å². The summed E-state index contributed by atoms with van der Waals surface area (Å²) >= 11 is 0. The van der Waals surface area contributed by atoms with Crippen LogP contribution < -0.4 is 15.2 Å². The normalized spacial score (nSPS) is 10.8. The van der Waals surface area contributed by atoms with Crippen LogP contribution in [-0.4, -0.2) is 26.7 Å². The molecule has 0 aliphatic rings. The Morgan fingerprint density at radius 1 is 0.962 bits per heavy atom. The second-order valence-corrected chi connectivity index (χ2v) is 5.69. The van der Waals surface area contributed by atoms with Crippen molar-refractivity contribution < 1.29 is 9.47 Å². The fraction of sp³-hybridized carbons (Fsp3) is 0.105. The Labute approximate surface area is 150 Å². The zero-order valence-electron chi connectivity index (χ0n) is 14.2. The Morgan fingerprint density at radius 3 is 2.58 bits per heavy atom. The number of nitrogens with two attached hydrogens (primary N) is 1. The van der Waals surface area contributed by atoms with Crippen molar-refractivity contribution in [3.05, 3.63) is 72.1 Å². The van der Waals surface area contributed by atoms with Crippen molar-refractivity contribution in [1.82, 2.24) is 19.6 Å². The Hall–Kier alpha value is -3.61. The number of benzene rings is 2. The molecule has 0 saturated carbocycles. The lowest BCUT2D eigenvalue weighted by Gasteiger charge is -2.05.